The summed E-state index contributed by atoms with van der Waals surface area (Å²) in [7, 11) is 1.91. The number of esters is 1. The highest BCUT2D eigenvalue weighted by Gasteiger charge is 2.42. The molecule has 50 heavy (non-hydrogen) atoms. The molecule has 6 fully saturated rings. The summed E-state index contributed by atoms with van der Waals surface area (Å²) in [6, 6.07) is 2.50. The maximum absolute atomic E-state index is 11.4. The highest BCUT2D eigenvalue weighted by atomic mass is 16.5. The lowest BCUT2D eigenvalue weighted by Gasteiger charge is -2.52. The van der Waals surface area contributed by atoms with Gasteiger partial charge in [0, 0.05) is 32.2 Å². The van der Waals surface area contributed by atoms with Gasteiger partial charge in [-0.05, 0) is 195 Å². The fraction of sp³-hybridized carbons (Fsp3) is 0.978. The van der Waals surface area contributed by atoms with E-state index in [2.05, 4.69) is 25.7 Å². The zero-order chi connectivity index (χ0) is 35.0. The minimum atomic E-state index is -0.0986. The fourth-order valence-electron chi connectivity index (χ4n) is 13.1. The Labute approximate surface area is 309 Å². The largest absolute Gasteiger partial charge is 0.463 e. The van der Waals surface area contributed by atoms with E-state index in [1.165, 1.54) is 154 Å². The molecule has 0 amide bonds. The van der Waals surface area contributed by atoms with E-state index in [0.29, 0.717) is 6.10 Å². The zero-order valence-electron chi connectivity index (χ0n) is 33.6. The van der Waals surface area contributed by atoms with Crippen molar-refractivity contribution in [3.8, 4) is 0 Å². The Bertz CT molecular complexity index is 983. The van der Waals surface area contributed by atoms with Crippen LogP contribution in [0.5, 0.6) is 0 Å². The molecule has 0 heterocycles. The van der Waals surface area contributed by atoms with Crippen LogP contribution in [0.2, 0.25) is 0 Å². The van der Waals surface area contributed by atoms with Gasteiger partial charge in [-0.2, -0.15) is 0 Å². The Morgan fingerprint density at radius 2 is 0.960 bits per heavy atom. The van der Waals surface area contributed by atoms with E-state index in [1.807, 2.05) is 7.11 Å². The van der Waals surface area contributed by atoms with E-state index >= 15 is 0 Å². The zero-order valence-corrected chi connectivity index (χ0v) is 33.6. The quantitative estimate of drug-likeness (QED) is 0.191. The molecule has 6 aliphatic rings. The van der Waals surface area contributed by atoms with Gasteiger partial charge in [0.25, 0.3) is 0 Å². The lowest BCUT2D eigenvalue weighted by atomic mass is 9.68. The fourth-order valence-corrected chi connectivity index (χ4v) is 13.1. The Morgan fingerprint density at radius 1 is 0.520 bits per heavy atom. The molecule has 6 rings (SSSR count). The smallest absolute Gasteiger partial charge is 0.302 e. The molecule has 0 saturated heterocycles. The van der Waals surface area contributed by atoms with Gasteiger partial charge in [0.1, 0.15) is 6.10 Å². The first-order valence-electron chi connectivity index (χ1n) is 22.7. The number of carbonyl (C=O) groups excluding carboxylic acids is 1. The Morgan fingerprint density at radius 3 is 1.40 bits per heavy atom. The van der Waals surface area contributed by atoms with Crippen LogP contribution in [0.1, 0.15) is 195 Å². The van der Waals surface area contributed by atoms with Crippen LogP contribution >= 0.6 is 0 Å². The number of hydrogen-bond donors (Lipinski definition) is 0. The minimum Gasteiger partial charge on any atom is -0.463 e. The van der Waals surface area contributed by atoms with Gasteiger partial charge < -0.3 is 9.47 Å². The maximum atomic E-state index is 11.4. The van der Waals surface area contributed by atoms with Gasteiger partial charge in [0.15, 0.2) is 0 Å². The van der Waals surface area contributed by atoms with Crippen molar-refractivity contribution >= 4 is 5.97 Å². The number of methoxy groups -OCH3 is 1. The van der Waals surface area contributed by atoms with Crippen molar-refractivity contribution < 1.29 is 14.3 Å². The molecule has 6 atom stereocenters. The molecule has 6 aliphatic carbocycles. The summed E-state index contributed by atoms with van der Waals surface area (Å²) in [5, 5.41) is 0. The Balaban J connectivity index is 1.02. The van der Waals surface area contributed by atoms with Crippen LogP contribution in [-0.2, 0) is 14.3 Å². The summed E-state index contributed by atoms with van der Waals surface area (Å²) in [5.74, 6) is 8.35. The summed E-state index contributed by atoms with van der Waals surface area (Å²) >= 11 is 0. The number of carbonyl (C=O) groups is 1. The molecule has 6 saturated carbocycles. The highest BCUT2D eigenvalue weighted by molar-refractivity contribution is 5.66. The SMILES string of the molecule is COC1CCC(CCC2CCC(N(C3CCC(C4CCC(C)CC4)CC3)C3CCC(CCC4CCC(OC(C)=O)CC4)C(C)C3)CC2C)CC1. The molecule has 0 aromatic heterocycles. The first-order chi connectivity index (χ1) is 24.2. The molecule has 0 aromatic carbocycles. The molecule has 0 aliphatic heterocycles. The van der Waals surface area contributed by atoms with Gasteiger partial charge >= 0.3 is 5.97 Å². The van der Waals surface area contributed by atoms with Crippen LogP contribution in [0.4, 0.5) is 0 Å². The van der Waals surface area contributed by atoms with E-state index in [-0.39, 0.29) is 12.1 Å². The third-order valence-electron chi connectivity index (χ3n) is 16.5. The van der Waals surface area contributed by atoms with Gasteiger partial charge in [-0.1, -0.05) is 46.5 Å². The Hall–Kier alpha value is -0.610. The van der Waals surface area contributed by atoms with Crippen LogP contribution in [0.3, 0.4) is 0 Å². The van der Waals surface area contributed by atoms with Gasteiger partial charge in [-0.25, -0.2) is 0 Å². The monoisotopic (exact) mass is 696 g/mol. The molecule has 4 nitrogen and oxygen atoms in total. The van der Waals surface area contributed by atoms with Crippen LogP contribution in [-0.4, -0.2) is 48.3 Å². The average molecular weight is 696 g/mol. The van der Waals surface area contributed by atoms with E-state index in [9.17, 15) is 4.79 Å². The van der Waals surface area contributed by atoms with Crippen LogP contribution in [0.25, 0.3) is 0 Å². The van der Waals surface area contributed by atoms with Crippen molar-refractivity contribution in [1.29, 1.82) is 0 Å². The molecule has 0 spiro atoms. The molecule has 6 unspecified atom stereocenters. The van der Waals surface area contributed by atoms with Crippen LogP contribution < -0.4 is 0 Å². The normalized spacial score (nSPS) is 43.4. The van der Waals surface area contributed by atoms with Crippen molar-refractivity contribution in [1.82, 2.24) is 4.90 Å². The van der Waals surface area contributed by atoms with Gasteiger partial charge in [-0.3, -0.25) is 9.69 Å². The topological polar surface area (TPSA) is 38.8 Å². The van der Waals surface area contributed by atoms with Crippen molar-refractivity contribution in [2.75, 3.05) is 7.11 Å². The van der Waals surface area contributed by atoms with Gasteiger partial charge in [0.2, 0.25) is 0 Å². The summed E-state index contributed by atoms with van der Waals surface area (Å²) in [5.41, 5.74) is 0. The second-order valence-electron chi connectivity index (χ2n) is 19.7. The number of ether oxygens (including phenoxy) is 2. The van der Waals surface area contributed by atoms with E-state index < -0.39 is 0 Å². The average Bonchev–Trinajstić information content (AvgIpc) is 3.12. The molecule has 0 radical (unpaired) electrons. The number of rotatable bonds is 12. The second kappa shape index (κ2) is 19.1. The van der Waals surface area contributed by atoms with Crippen molar-refractivity contribution in [2.24, 2.45) is 53.3 Å². The van der Waals surface area contributed by atoms with E-state index in [0.717, 1.165) is 84.2 Å². The van der Waals surface area contributed by atoms with Crippen molar-refractivity contribution in [3.63, 3.8) is 0 Å². The third kappa shape index (κ3) is 10.8. The minimum absolute atomic E-state index is 0.0986. The maximum Gasteiger partial charge on any atom is 0.302 e. The Kier molecular flexibility index (Phi) is 15.0. The summed E-state index contributed by atoms with van der Waals surface area (Å²) in [6.45, 7) is 9.34. The molecule has 0 bridgehead atoms. The number of hydrogen-bond acceptors (Lipinski definition) is 4. The summed E-state index contributed by atoms with van der Waals surface area (Å²) in [4.78, 5) is 14.7. The first kappa shape index (κ1) is 39.1. The van der Waals surface area contributed by atoms with Crippen LogP contribution in [0.15, 0.2) is 0 Å². The van der Waals surface area contributed by atoms with Gasteiger partial charge in [-0.15, -0.1) is 0 Å². The van der Waals surface area contributed by atoms with Gasteiger partial charge in [0.05, 0.1) is 6.10 Å². The summed E-state index contributed by atoms with van der Waals surface area (Å²) in [6.07, 6.45) is 37.3. The molecular weight excluding hydrogens is 615 g/mol. The number of nitrogens with zero attached hydrogens (tertiary/aromatic N) is 1. The molecule has 0 aromatic rings. The molecule has 4 heteroatoms. The van der Waals surface area contributed by atoms with Crippen molar-refractivity contribution in [2.45, 2.75) is 225 Å². The standard InChI is InChI=1S/C46H81NO3/c1-32-6-14-40(15-7-32)41-20-22-42(23-21-41)47(43-24-18-38(33(2)30-43)16-8-36-10-26-45(49-5)27-11-36)44-25-19-39(34(3)31-44)17-9-37-12-28-46(29-13-37)50-35(4)48/h32-34,36-46H,6-31H2,1-5H3. The molecule has 0 N–H and O–H groups in total. The van der Waals surface area contributed by atoms with Crippen LogP contribution in [0, 0.1) is 53.3 Å². The lowest BCUT2D eigenvalue weighted by molar-refractivity contribution is -0.148. The highest BCUT2D eigenvalue weighted by Crippen LogP contribution is 2.47. The van der Waals surface area contributed by atoms with E-state index in [1.54, 1.807) is 6.92 Å². The third-order valence-corrected chi connectivity index (χ3v) is 16.5. The molecular formula is C46H81NO3. The predicted molar refractivity (Wildman–Crippen MR) is 208 cm³/mol. The van der Waals surface area contributed by atoms with Crippen molar-refractivity contribution in [3.05, 3.63) is 0 Å². The predicted octanol–water partition coefficient (Wildman–Crippen LogP) is 12.2. The first-order valence-corrected chi connectivity index (χ1v) is 22.7. The lowest BCUT2D eigenvalue weighted by Crippen LogP contribution is -2.54. The molecule has 288 valence electrons. The summed E-state index contributed by atoms with van der Waals surface area (Å²) < 4.78 is 11.2. The van der Waals surface area contributed by atoms with E-state index in [4.69, 9.17) is 9.47 Å². The second-order valence-corrected chi connectivity index (χ2v) is 19.7.